The predicted molar refractivity (Wildman–Crippen MR) is 79.3 cm³/mol. The molecule has 0 fully saturated rings. The highest BCUT2D eigenvalue weighted by molar-refractivity contribution is 5.31. The summed E-state index contributed by atoms with van der Waals surface area (Å²) in [4.78, 5) is 0. The van der Waals surface area contributed by atoms with Crippen LogP contribution in [-0.4, -0.2) is 6.61 Å². The Labute approximate surface area is 117 Å². The molecule has 0 heterocycles. The number of hydrogen-bond acceptors (Lipinski definition) is 2. The molecule has 0 saturated heterocycles. The van der Waals surface area contributed by atoms with Crippen LogP contribution in [0.4, 0.5) is 0 Å². The van der Waals surface area contributed by atoms with Crippen molar-refractivity contribution < 1.29 is 4.74 Å². The normalized spacial score (nSPS) is 12.0. The number of nitriles is 1. The highest BCUT2D eigenvalue weighted by Crippen LogP contribution is 2.28. The molecule has 1 rings (SSSR count). The van der Waals surface area contributed by atoms with E-state index >= 15 is 0 Å². The molecule has 0 aliphatic rings. The zero-order chi connectivity index (χ0) is 14.5. The van der Waals surface area contributed by atoms with E-state index in [1.54, 1.807) is 0 Å². The van der Waals surface area contributed by atoms with Gasteiger partial charge in [0.15, 0.2) is 0 Å². The second-order valence-electron chi connectivity index (χ2n) is 6.36. The van der Waals surface area contributed by atoms with Crippen molar-refractivity contribution in [1.29, 1.82) is 5.26 Å². The average Bonchev–Trinajstić information content (AvgIpc) is 2.39. The highest BCUT2D eigenvalue weighted by Gasteiger charge is 2.18. The number of benzene rings is 1. The fourth-order valence-corrected chi connectivity index (χ4v) is 1.69. The SMILES string of the molecule is CCC(C)(C)c1ccc(OCCC(C)(C)C#N)cc1. The lowest BCUT2D eigenvalue weighted by Crippen LogP contribution is -2.15. The summed E-state index contributed by atoms with van der Waals surface area (Å²) in [6.45, 7) is 11.1. The highest BCUT2D eigenvalue weighted by atomic mass is 16.5. The lowest BCUT2D eigenvalue weighted by atomic mass is 9.82. The first-order valence-corrected chi connectivity index (χ1v) is 6.95. The first kappa shape index (κ1) is 15.6. The van der Waals surface area contributed by atoms with Gasteiger partial charge in [-0.3, -0.25) is 0 Å². The van der Waals surface area contributed by atoms with Crippen molar-refractivity contribution in [3.8, 4) is 11.8 Å². The van der Waals surface area contributed by atoms with Gasteiger partial charge in [0.05, 0.1) is 18.1 Å². The molecule has 0 atom stereocenters. The minimum Gasteiger partial charge on any atom is -0.494 e. The van der Waals surface area contributed by atoms with Gasteiger partial charge in [0.1, 0.15) is 5.75 Å². The predicted octanol–water partition coefficient (Wildman–Crippen LogP) is 4.69. The lowest BCUT2D eigenvalue weighted by molar-refractivity contribution is 0.264. The van der Waals surface area contributed by atoms with Crippen LogP contribution in [0.3, 0.4) is 0 Å². The van der Waals surface area contributed by atoms with Gasteiger partial charge in [-0.05, 0) is 49.8 Å². The minimum atomic E-state index is -0.315. The smallest absolute Gasteiger partial charge is 0.119 e. The van der Waals surface area contributed by atoms with E-state index in [1.807, 2.05) is 26.0 Å². The zero-order valence-electron chi connectivity index (χ0n) is 12.8. The van der Waals surface area contributed by atoms with Crippen molar-refractivity contribution in [2.24, 2.45) is 5.41 Å². The largest absolute Gasteiger partial charge is 0.494 e. The van der Waals surface area contributed by atoms with E-state index < -0.39 is 0 Å². The molecule has 0 bridgehead atoms. The first-order valence-electron chi connectivity index (χ1n) is 6.95. The number of nitrogens with zero attached hydrogens (tertiary/aromatic N) is 1. The van der Waals surface area contributed by atoms with Crippen LogP contribution in [0.2, 0.25) is 0 Å². The molecular weight excluding hydrogens is 234 g/mol. The van der Waals surface area contributed by atoms with Gasteiger partial charge in [-0.1, -0.05) is 32.9 Å². The molecule has 2 heteroatoms. The van der Waals surface area contributed by atoms with Crippen LogP contribution in [0.15, 0.2) is 24.3 Å². The molecule has 0 aliphatic heterocycles. The number of ether oxygens (including phenoxy) is 1. The van der Waals surface area contributed by atoms with Gasteiger partial charge >= 0.3 is 0 Å². The summed E-state index contributed by atoms with van der Waals surface area (Å²) in [7, 11) is 0. The van der Waals surface area contributed by atoms with Gasteiger partial charge in [0.2, 0.25) is 0 Å². The number of hydrogen-bond donors (Lipinski definition) is 0. The molecule has 0 saturated carbocycles. The van der Waals surface area contributed by atoms with Gasteiger partial charge in [-0.2, -0.15) is 5.26 Å². The van der Waals surface area contributed by atoms with Crippen molar-refractivity contribution in [2.75, 3.05) is 6.61 Å². The third-order valence-corrected chi connectivity index (χ3v) is 3.82. The molecule has 19 heavy (non-hydrogen) atoms. The summed E-state index contributed by atoms with van der Waals surface area (Å²) in [5, 5.41) is 8.94. The van der Waals surface area contributed by atoms with Gasteiger partial charge in [-0.15, -0.1) is 0 Å². The second kappa shape index (κ2) is 6.10. The third kappa shape index (κ3) is 4.59. The average molecular weight is 259 g/mol. The minimum absolute atomic E-state index is 0.210. The second-order valence-corrected chi connectivity index (χ2v) is 6.36. The molecule has 1 aromatic carbocycles. The molecule has 1 aromatic rings. The fourth-order valence-electron chi connectivity index (χ4n) is 1.69. The van der Waals surface area contributed by atoms with Crippen LogP contribution in [0.5, 0.6) is 5.75 Å². The van der Waals surface area contributed by atoms with E-state index in [1.165, 1.54) is 5.56 Å². The maximum absolute atomic E-state index is 8.94. The molecule has 0 aromatic heterocycles. The Balaban J connectivity index is 2.57. The van der Waals surface area contributed by atoms with Gasteiger partial charge in [0, 0.05) is 0 Å². The van der Waals surface area contributed by atoms with E-state index in [9.17, 15) is 0 Å². The summed E-state index contributed by atoms with van der Waals surface area (Å²) < 4.78 is 5.69. The third-order valence-electron chi connectivity index (χ3n) is 3.82. The summed E-state index contributed by atoms with van der Waals surface area (Å²) >= 11 is 0. The van der Waals surface area contributed by atoms with Crippen LogP contribution < -0.4 is 4.74 Å². The van der Waals surface area contributed by atoms with Crippen molar-refractivity contribution in [2.45, 2.75) is 52.9 Å². The Kier molecular flexibility index (Phi) is 5.00. The van der Waals surface area contributed by atoms with Crippen LogP contribution in [0.25, 0.3) is 0 Å². The molecule has 0 radical (unpaired) electrons. The number of rotatable bonds is 6. The van der Waals surface area contributed by atoms with Gasteiger partial charge < -0.3 is 4.74 Å². The van der Waals surface area contributed by atoms with Crippen LogP contribution in [0.1, 0.15) is 53.0 Å². The molecule has 0 aliphatic carbocycles. The van der Waals surface area contributed by atoms with Crippen LogP contribution >= 0.6 is 0 Å². The zero-order valence-corrected chi connectivity index (χ0v) is 12.8. The Hall–Kier alpha value is -1.49. The Morgan fingerprint density at radius 3 is 2.16 bits per heavy atom. The monoisotopic (exact) mass is 259 g/mol. The van der Waals surface area contributed by atoms with Crippen molar-refractivity contribution in [3.05, 3.63) is 29.8 Å². The summed E-state index contributed by atoms with van der Waals surface area (Å²) in [6.07, 6.45) is 1.86. The van der Waals surface area contributed by atoms with Crippen molar-refractivity contribution in [1.82, 2.24) is 0 Å². The Bertz CT molecular complexity index is 437. The Morgan fingerprint density at radius 1 is 1.11 bits per heavy atom. The van der Waals surface area contributed by atoms with Crippen molar-refractivity contribution >= 4 is 0 Å². The van der Waals surface area contributed by atoms with E-state index in [2.05, 4.69) is 39.0 Å². The molecule has 104 valence electrons. The summed E-state index contributed by atoms with van der Waals surface area (Å²) in [6, 6.07) is 10.6. The molecule has 0 N–H and O–H groups in total. The van der Waals surface area contributed by atoms with Crippen LogP contribution in [0, 0.1) is 16.7 Å². The molecule has 0 unspecified atom stereocenters. The molecule has 0 spiro atoms. The van der Waals surface area contributed by atoms with E-state index in [0.29, 0.717) is 6.61 Å². The maximum atomic E-state index is 8.94. The first-order chi connectivity index (χ1) is 8.80. The van der Waals surface area contributed by atoms with Crippen molar-refractivity contribution in [3.63, 3.8) is 0 Å². The fraction of sp³-hybridized carbons (Fsp3) is 0.588. The topological polar surface area (TPSA) is 33.0 Å². The Morgan fingerprint density at radius 2 is 1.68 bits per heavy atom. The van der Waals surface area contributed by atoms with Crippen LogP contribution in [-0.2, 0) is 5.41 Å². The van der Waals surface area contributed by atoms with E-state index in [4.69, 9.17) is 10.00 Å². The quantitative estimate of drug-likeness (QED) is 0.742. The van der Waals surface area contributed by atoms with E-state index in [0.717, 1.165) is 18.6 Å². The lowest BCUT2D eigenvalue weighted by Gasteiger charge is -2.23. The molecular formula is C17H25NO. The van der Waals surface area contributed by atoms with Gasteiger partial charge in [0.25, 0.3) is 0 Å². The maximum Gasteiger partial charge on any atom is 0.119 e. The molecule has 0 amide bonds. The molecule has 2 nitrogen and oxygen atoms in total. The van der Waals surface area contributed by atoms with E-state index in [-0.39, 0.29) is 10.8 Å². The van der Waals surface area contributed by atoms with Gasteiger partial charge in [-0.25, -0.2) is 0 Å². The standard InChI is InChI=1S/C17H25NO/c1-6-17(4,5)14-7-9-15(10-8-14)19-12-11-16(2,3)13-18/h7-10H,6,11-12H2,1-5H3. The summed E-state index contributed by atoms with van der Waals surface area (Å²) in [5.74, 6) is 0.879. The summed E-state index contributed by atoms with van der Waals surface area (Å²) in [5.41, 5.74) is 1.23.